The smallest absolute Gasteiger partial charge is 0.367 e. The van der Waals surface area contributed by atoms with Gasteiger partial charge in [-0.25, -0.2) is 4.98 Å². The van der Waals surface area contributed by atoms with Crippen LogP contribution in [0.2, 0.25) is 0 Å². The number of aryl methyl sites for hydroxylation is 1. The summed E-state index contributed by atoms with van der Waals surface area (Å²) in [4.78, 5) is 16.7. The first-order valence-corrected chi connectivity index (χ1v) is 8.77. The molecule has 0 fully saturated rings. The summed E-state index contributed by atoms with van der Waals surface area (Å²) >= 11 is 0. The highest BCUT2D eigenvalue weighted by Gasteiger charge is 2.27. The molecule has 1 amide bonds. The summed E-state index contributed by atoms with van der Waals surface area (Å²) < 4.78 is 42.9. The van der Waals surface area contributed by atoms with Crippen LogP contribution in [0, 0.1) is 6.92 Å². The van der Waals surface area contributed by atoms with Gasteiger partial charge in [0.2, 0.25) is 0 Å². The highest BCUT2D eigenvalue weighted by atomic mass is 19.4. The number of halogens is 3. The Morgan fingerprint density at radius 1 is 1.14 bits per heavy atom. The van der Waals surface area contributed by atoms with Crippen LogP contribution in [0.1, 0.15) is 21.7 Å². The predicted octanol–water partition coefficient (Wildman–Crippen LogP) is 3.85. The minimum atomic E-state index is -4.35. The SMILES string of the molecule is Cc1nc2ccccc2n1CCNC(=O)c1ccc(COCC(F)(F)F)cc1. The maximum atomic E-state index is 12.3. The van der Waals surface area contributed by atoms with Gasteiger partial charge in [-0.1, -0.05) is 24.3 Å². The molecule has 0 spiro atoms. The third kappa shape index (κ3) is 5.10. The number of carbonyl (C=O) groups excluding carboxylic acids is 1. The molecular weight excluding hydrogens is 371 g/mol. The fraction of sp³-hybridized carbons (Fsp3) is 0.300. The summed E-state index contributed by atoms with van der Waals surface area (Å²) in [6.45, 7) is 1.48. The molecule has 0 unspecified atom stereocenters. The molecule has 0 radical (unpaired) electrons. The Hall–Kier alpha value is -2.87. The second kappa shape index (κ2) is 8.43. The Bertz CT molecular complexity index is 949. The number of aromatic nitrogens is 2. The fourth-order valence-electron chi connectivity index (χ4n) is 2.90. The van der Waals surface area contributed by atoms with E-state index in [1.54, 1.807) is 24.3 Å². The minimum absolute atomic E-state index is 0.158. The van der Waals surface area contributed by atoms with Gasteiger partial charge in [0, 0.05) is 18.7 Å². The molecule has 1 heterocycles. The number of rotatable bonds is 7. The van der Waals surface area contributed by atoms with E-state index in [-0.39, 0.29) is 12.5 Å². The van der Waals surface area contributed by atoms with Crippen LogP contribution in [0.15, 0.2) is 48.5 Å². The van der Waals surface area contributed by atoms with Crippen molar-refractivity contribution >= 4 is 16.9 Å². The number of carbonyl (C=O) groups is 1. The average molecular weight is 391 g/mol. The third-order valence-corrected chi connectivity index (χ3v) is 4.22. The minimum Gasteiger partial charge on any atom is -0.367 e. The first-order chi connectivity index (χ1) is 13.3. The lowest BCUT2D eigenvalue weighted by molar-refractivity contribution is -0.176. The first kappa shape index (κ1) is 19.9. The molecular formula is C20H20F3N3O2. The summed E-state index contributed by atoms with van der Waals surface area (Å²) in [5.41, 5.74) is 2.93. The number of hydrogen-bond donors (Lipinski definition) is 1. The monoisotopic (exact) mass is 391 g/mol. The summed E-state index contributed by atoms with van der Waals surface area (Å²) in [6, 6.07) is 14.1. The fourth-order valence-corrected chi connectivity index (χ4v) is 2.90. The van der Waals surface area contributed by atoms with E-state index < -0.39 is 12.8 Å². The van der Waals surface area contributed by atoms with Gasteiger partial charge >= 0.3 is 6.18 Å². The number of nitrogens with one attached hydrogen (secondary N) is 1. The quantitative estimate of drug-likeness (QED) is 0.666. The van der Waals surface area contributed by atoms with Crippen LogP contribution in [0.25, 0.3) is 11.0 Å². The lowest BCUT2D eigenvalue weighted by Crippen LogP contribution is -2.27. The summed E-state index contributed by atoms with van der Waals surface area (Å²) in [6.07, 6.45) is -4.35. The molecule has 148 valence electrons. The lowest BCUT2D eigenvalue weighted by atomic mass is 10.1. The van der Waals surface area contributed by atoms with Crippen molar-refractivity contribution in [1.29, 1.82) is 0 Å². The van der Waals surface area contributed by atoms with Crippen molar-refractivity contribution < 1.29 is 22.7 Å². The first-order valence-electron chi connectivity index (χ1n) is 8.77. The number of benzene rings is 2. The number of amides is 1. The Labute approximate surface area is 160 Å². The molecule has 0 saturated carbocycles. The van der Waals surface area contributed by atoms with Gasteiger partial charge in [0.15, 0.2) is 0 Å². The van der Waals surface area contributed by atoms with E-state index in [4.69, 9.17) is 0 Å². The molecule has 0 bridgehead atoms. The van der Waals surface area contributed by atoms with Crippen molar-refractivity contribution in [2.24, 2.45) is 0 Å². The Balaban J connectivity index is 1.51. The molecule has 28 heavy (non-hydrogen) atoms. The predicted molar refractivity (Wildman–Crippen MR) is 99.0 cm³/mol. The maximum Gasteiger partial charge on any atom is 0.411 e. The molecule has 8 heteroatoms. The van der Waals surface area contributed by atoms with E-state index in [1.807, 2.05) is 35.8 Å². The standard InChI is InChI=1S/C20H20F3N3O2/c1-14-25-17-4-2-3-5-18(17)26(14)11-10-24-19(27)16-8-6-15(7-9-16)12-28-13-20(21,22)23/h2-9H,10-13H2,1H3,(H,24,27). The number of ether oxygens (including phenoxy) is 1. The molecule has 0 saturated heterocycles. The van der Waals surface area contributed by atoms with Crippen LogP contribution in [-0.2, 0) is 17.9 Å². The van der Waals surface area contributed by atoms with Gasteiger partial charge in [-0.3, -0.25) is 4.79 Å². The molecule has 2 aromatic carbocycles. The van der Waals surface area contributed by atoms with Gasteiger partial charge in [-0.15, -0.1) is 0 Å². The van der Waals surface area contributed by atoms with Crippen LogP contribution >= 0.6 is 0 Å². The van der Waals surface area contributed by atoms with Crippen molar-refractivity contribution in [3.05, 3.63) is 65.5 Å². The van der Waals surface area contributed by atoms with Crippen LogP contribution in [-0.4, -0.2) is 34.8 Å². The van der Waals surface area contributed by atoms with Crippen LogP contribution < -0.4 is 5.32 Å². The highest BCUT2D eigenvalue weighted by Crippen LogP contribution is 2.16. The topological polar surface area (TPSA) is 56.2 Å². The van der Waals surface area contributed by atoms with E-state index in [0.29, 0.717) is 24.2 Å². The van der Waals surface area contributed by atoms with Gasteiger partial charge in [-0.2, -0.15) is 13.2 Å². The zero-order valence-corrected chi connectivity index (χ0v) is 15.3. The van der Waals surface area contributed by atoms with Crippen LogP contribution in [0.4, 0.5) is 13.2 Å². The van der Waals surface area contributed by atoms with Crippen LogP contribution in [0.3, 0.4) is 0 Å². The summed E-state index contributed by atoms with van der Waals surface area (Å²) in [7, 11) is 0. The number of nitrogens with zero attached hydrogens (tertiary/aromatic N) is 2. The Morgan fingerprint density at radius 2 is 1.86 bits per heavy atom. The normalized spacial score (nSPS) is 11.7. The number of imidazole rings is 1. The molecule has 1 aromatic heterocycles. The number of para-hydroxylation sites is 2. The van der Waals surface area contributed by atoms with Gasteiger partial charge in [-0.05, 0) is 36.8 Å². The molecule has 0 atom stereocenters. The van der Waals surface area contributed by atoms with E-state index in [0.717, 1.165) is 16.9 Å². The summed E-state index contributed by atoms with van der Waals surface area (Å²) in [5.74, 6) is 0.628. The van der Waals surface area contributed by atoms with E-state index >= 15 is 0 Å². The van der Waals surface area contributed by atoms with Crippen molar-refractivity contribution in [2.75, 3.05) is 13.2 Å². The zero-order valence-electron chi connectivity index (χ0n) is 15.3. The Kier molecular flexibility index (Phi) is 5.99. The molecule has 5 nitrogen and oxygen atoms in total. The maximum absolute atomic E-state index is 12.3. The number of hydrogen-bond acceptors (Lipinski definition) is 3. The van der Waals surface area contributed by atoms with Crippen molar-refractivity contribution in [3.63, 3.8) is 0 Å². The average Bonchev–Trinajstić information content (AvgIpc) is 2.97. The second-order valence-corrected chi connectivity index (χ2v) is 6.36. The number of fused-ring (bicyclic) bond motifs is 1. The van der Waals surface area contributed by atoms with Gasteiger partial charge in [0.1, 0.15) is 12.4 Å². The molecule has 3 rings (SSSR count). The molecule has 3 aromatic rings. The number of alkyl halides is 3. The van der Waals surface area contributed by atoms with Gasteiger partial charge < -0.3 is 14.6 Å². The molecule has 0 aliphatic carbocycles. The van der Waals surface area contributed by atoms with Crippen molar-refractivity contribution in [2.45, 2.75) is 26.3 Å². The van der Waals surface area contributed by atoms with Gasteiger partial charge in [0.25, 0.3) is 5.91 Å². The molecule has 0 aliphatic heterocycles. The zero-order chi connectivity index (χ0) is 20.1. The van der Waals surface area contributed by atoms with Crippen molar-refractivity contribution in [3.8, 4) is 0 Å². The molecule has 0 aliphatic rings. The van der Waals surface area contributed by atoms with Gasteiger partial charge in [0.05, 0.1) is 17.6 Å². The van der Waals surface area contributed by atoms with Crippen molar-refractivity contribution in [1.82, 2.24) is 14.9 Å². The molecule has 1 N–H and O–H groups in total. The van der Waals surface area contributed by atoms with E-state index in [1.165, 1.54) is 0 Å². The van der Waals surface area contributed by atoms with E-state index in [9.17, 15) is 18.0 Å². The highest BCUT2D eigenvalue weighted by molar-refractivity contribution is 5.94. The lowest BCUT2D eigenvalue weighted by Gasteiger charge is -2.10. The van der Waals surface area contributed by atoms with Crippen LogP contribution in [0.5, 0.6) is 0 Å². The second-order valence-electron chi connectivity index (χ2n) is 6.36. The van der Waals surface area contributed by atoms with E-state index in [2.05, 4.69) is 15.0 Å². The largest absolute Gasteiger partial charge is 0.411 e. The Morgan fingerprint density at radius 3 is 2.57 bits per heavy atom. The third-order valence-electron chi connectivity index (χ3n) is 4.22. The summed E-state index contributed by atoms with van der Waals surface area (Å²) in [5, 5.41) is 2.84.